The highest BCUT2D eigenvalue weighted by Crippen LogP contribution is 1.98. The molecule has 0 heterocycles. The number of nitrogens with two attached hydrogens (primary N) is 1. The van der Waals surface area contributed by atoms with Crippen LogP contribution in [0.5, 0.6) is 0 Å². The molecule has 15 heavy (non-hydrogen) atoms. The van der Waals surface area contributed by atoms with Gasteiger partial charge in [-0.05, 0) is 12.1 Å². The van der Waals surface area contributed by atoms with E-state index in [9.17, 15) is 9.59 Å². The molecule has 0 fully saturated rings. The summed E-state index contributed by atoms with van der Waals surface area (Å²) in [6.07, 6.45) is 0. The first kappa shape index (κ1) is 11.0. The maximum absolute atomic E-state index is 11.5. The third-order valence-electron chi connectivity index (χ3n) is 1.85. The van der Waals surface area contributed by atoms with Crippen LogP contribution in [0.3, 0.4) is 0 Å². The van der Waals surface area contributed by atoms with Gasteiger partial charge in [-0.2, -0.15) is 0 Å². The van der Waals surface area contributed by atoms with E-state index < -0.39 is 5.91 Å². The second-order valence-electron chi connectivity index (χ2n) is 3.02. The summed E-state index contributed by atoms with van der Waals surface area (Å²) < 4.78 is 0. The van der Waals surface area contributed by atoms with Gasteiger partial charge >= 0.3 is 0 Å². The summed E-state index contributed by atoms with van der Waals surface area (Å²) in [6, 6.07) is 8.71. The lowest BCUT2D eigenvalue weighted by molar-refractivity contribution is -0.114. The first-order valence-electron chi connectivity index (χ1n) is 4.42. The standard InChI is InChI=1S/C11H12N2O2/c1-8(10(12)14)7-13-11(15)9-5-3-2-4-6-9/h2-6H,1,7H2,(H2,12,14)(H,13,15). The van der Waals surface area contributed by atoms with Crippen LogP contribution in [0, 0.1) is 0 Å². The highest BCUT2D eigenvalue weighted by Gasteiger charge is 2.06. The van der Waals surface area contributed by atoms with E-state index in [0.29, 0.717) is 5.56 Å². The molecule has 0 radical (unpaired) electrons. The first-order chi connectivity index (χ1) is 7.11. The molecule has 0 aliphatic carbocycles. The Morgan fingerprint density at radius 2 is 1.87 bits per heavy atom. The second-order valence-corrected chi connectivity index (χ2v) is 3.02. The fourth-order valence-corrected chi connectivity index (χ4v) is 0.966. The lowest BCUT2D eigenvalue weighted by atomic mass is 10.2. The molecule has 0 aliphatic rings. The van der Waals surface area contributed by atoms with Gasteiger partial charge in [0.05, 0.1) is 0 Å². The van der Waals surface area contributed by atoms with E-state index in [4.69, 9.17) is 5.73 Å². The lowest BCUT2D eigenvalue weighted by Crippen LogP contribution is -2.29. The van der Waals surface area contributed by atoms with Gasteiger partial charge in [0.2, 0.25) is 5.91 Å². The number of amides is 2. The SMILES string of the molecule is C=C(CNC(=O)c1ccccc1)C(N)=O. The zero-order valence-corrected chi connectivity index (χ0v) is 8.19. The summed E-state index contributed by atoms with van der Waals surface area (Å²) in [5, 5.41) is 2.54. The predicted octanol–water partition coefficient (Wildman–Crippen LogP) is 0.458. The third kappa shape index (κ3) is 3.27. The van der Waals surface area contributed by atoms with E-state index in [0.717, 1.165) is 0 Å². The van der Waals surface area contributed by atoms with Gasteiger partial charge in [0, 0.05) is 17.7 Å². The van der Waals surface area contributed by atoms with Crippen LogP contribution in [-0.4, -0.2) is 18.4 Å². The zero-order valence-electron chi connectivity index (χ0n) is 8.19. The van der Waals surface area contributed by atoms with E-state index in [2.05, 4.69) is 11.9 Å². The summed E-state index contributed by atoms with van der Waals surface area (Å²) in [6.45, 7) is 3.50. The Labute approximate surface area is 87.8 Å². The summed E-state index contributed by atoms with van der Waals surface area (Å²) in [5.74, 6) is -0.860. The van der Waals surface area contributed by atoms with Gasteiger partial charge in [0.15, 0.2) is 0 Å². The Morgan fingerprint density at radius 3 is 2.40 bits per heavy atom. The number of carbonyl (C=O) groups is 2. The normalized spacial score (nSPS) is 9.33. The smallest absolute Gasteiger partial charge is 0.251 e. The number of nitrogens with one attached hydrogen (secondary N) is 1. The van der Waals surface area contributed by atoms with Crippen molar-refractivity contribution in [3.8, 4) is 0 Å². The molecule has 2 amide bonds. The number of carbonyl (C=O) groups excluding carboxylic acids is 2. The van der Waals surface area contributed by atoms with Crippen molar-refractivity contribution in [1.29, 1.82) is 0 Å². The molecule has 0 saturated heterocycles. The van der Waals surface area contributed by atoms with Crippen LogP contribution in [0.1, 0.15) is 10.4 Å². The van der Waals surface area contributed by atoms with Crippen molar-refractivity contribution in [3.05, 3.63) is 48.0 Å². The summed E-state index contributed by atoms with van der Waals surface area (Å²) >= 11 is 0. The Hall–Kier alpha value is -2.10. The Bertz CT molecular complexity index is 385. The van der Waals surface area contributed by atoms with Crippen molar-refractivity contribution < 1.29 is 9.59 Å². The topological polar surface area (TPSA) is 72.2 Å². The van der Waals surface area contributed by atoms with E-state index in [1.54, 1.807) is 24.3 Å². The van der Waals surface area contributed by atoms with Gasteiger partial charge in [0.1, 0.15) is 0 Å². The molecule has 78 valence electrons. The number of rotatable bonds is 4. The van der Waals surface area contributed by atoms with Gasteiger partial charge in [-0.25, -0.2) is 0 Å². The van der Waals surface area contributed by atoms with E-state index in [1.165, 1.54) is 0 Å². The van der Waals surface area contributed by atoms with Gasteiger partial charge in [-0.1, -0.05) is 24.8 Å². The molecule has 0 aromatic heterocycles. The van der Waals surface area contributed by atoms with Crippen LogP contribution in [-0.2, 0) is 4.79 Å². The highest BCUT2D eigenvalue weighted by molar-refractivity contribution is 5.96. The molecular weight excluding hydrogens is 192 g/mol. The minimum absolute atomic E-state index is 0.0725. The van der Waals surface area contributed by atoms with Crippen LogP contribution >= 0.6 is 0 Å². The van der Waals surface area contributed by atoms with Crippen LogP contribution in [0.25, 0.3) is 0 Å². The van der Waals surface area contributed by atoms with E-state index >= 15 is 0 Å². The molecular formula is C11H12N2O2. The quantitative estimate of drug-likeness (QED) is 0.699. The highest BCUT2D eigenvalue weighted by atomic mass is 16.2. The molecule has 0 aliphatic heterocycles. The Morgan fingerprint density at radius 1 is 1.27 bits per heavy atom. The molecule has 1 aromatic carbocycles. The van der Waals surface area contributed by atoms with E-state index in [-0.39, 0.29) is 18.0 Å². The van der Waals surface area contributed by atoms with Gasteiger partial charge < -0.3 is 11.1 Å². The summed E-state index contributed by atoms with van der Waals surface area (Å²) in [5.41, 5.74) is 5.69. The van der Waals surface area contributed by atoms with Crippen LogP contribution in [0.2, 0.25) is 0 Å². The van der Waals surface area contributed by atoms with Gasteiger partial charge in [0.25, 0.3) is 5.91 Å². The molecule has 0 spiro atoms. The predicted molar refractivity (Wildman–Crippen MR) is 57.1 cm³/mol. The first-order valence-corrected chi connectivity index (χ1v) is 4.42. The molecule has 1 aromatic rings. The van der Waals surface area contributed by atoms with E-state index in [1.807, 2.05) is 6.07 Å². The number of primary amides is 1. The van der Waals surface area contributed by atoms with Crippen molar-refractivity contribution in [2.75, 3.05) is 6.54 Å². The fourth-order valence-electron chi connectivity index (χ4n) is 0.966. The van der Waals surface area contributed by atoms with Crippen molar-refractivity contribution >= 4 is 11.8 Å². The Kier molecular flexibility index (Phi) is 3.62. The molecule has 0 unspecified atom stereocenters. The number of hydrogen-bond donors (Lipinski definition) is 2. The molecule has 3 N–H and O–H groups in total. The average Bonchev–Trinajstić information content (AvgIpc) is 2.26. The largest absolute Gasteiger partial charge is 0.366 e. The minimum Gasteiger partial charge on any atom is -0.366 e. The average molecular weight is 204 g/mol. The Balaban J connectivity index is 2.51. The summed E-state index contributed by atoms with van der Waals surface area (Å²) in [4.78, 5) is 22.1. The number of hydrogen-bond acceptors (Lipinski definition) is 2. The second kappa shape index (κ2) is 4.95. The van der Waals surface area contributed by atoms with Crippen molar-refractivity contribution in [3.63, 3.8) is 0 Å². The monoisotopic (exact) mass is 204 g/mol. The maximum Gasteiger partial charge on any atom is 0.251 e. The summed E-state index contributed by atoms with van der Waals surface area (Å²) in [7, 11) is 0. The maximum atomic E-state index is 11.5. The van der Waals surface area contributed by atoms with Gasteiger partial charge in [-0.3, -0.25) is 9.59 Å². The number of benzene rings is 1. The molecule has 1 rings (SSSR count). The van der Waals surface area contributed by atoms with Crippen molar-refractivity contribution in [1.82, 2.24) is 5.32 Å². The molecule has 0 bridgehead atoms. The minimum atomic E-state index is -0.608. The molecule has 4 heteroatoms. The molecule has 0 atom stereocenters. The zero-order chi connectivity index (χ0) is 11.3. The fraction of sp³-hybridized carbons (Fsp3) is 0.0909. The van der Waals surface area contributed by atoms with Crippen molar-refractivity contribution in [2.24, 2.45) is 5.73 Å². The molecule has 0 saturated carbocycles. The van der Waals surface area contributed by atoms with Crippen LogP contribution < -0.4 is 11.1 Å². The van der Waals surface area contributed by atoms with Gasteiger partial charge in [-0.15, -0.1) is 0 Å². The molecule has 4 nitrogen and oxygen atoms in total. The van der Waals surface area contributed by atoms with Crippen LogP contribution in [0.4, 0.5) is 0 Å². The van der Waals surface area contributed by atoms with Crippen molar-refractivity contribution in [2.45, 2.75) is 0 Å². The third-order valence-corrected chi connectivity index (χ3v) is 1.85. The lowest BCUT2D eigenvalue weighted by Gasteiger charge is -2.04. The van der Waals surface area contributed by atoms with Crippen LogP contribution in [0.15, 0.2) is 42.5 Å².